The molecule has 7 heteroatoms. The lowest BCUT2D eigenvalue weighted by Crippen LogP contribution is -2.18. The molecule has 2 aromatic rings. The quantitative estimate of drug-likeness (QED) is 0.660. The number of aromatic nitrogens is 2. The first-order valence-electron chi connectivity index (χ1n) is 5.89. The van der Waals surface area contributed by atoms with Crippen molar-refractivity contribution >= 4 is 42.3 Å². The van der Waals surface area contributed by atoms with Crippen molar-refractivity contribution in [3.8, 4) is 0 Å². The molecule has 0 fully saturated rings. The van der Waals surface area contributed by atoms with Crippen LogP contribution in [-0.2, 0) is 0 Å². The third-order valence-corrected chi connectivity index (χ3v) is 2.95. The normalized spacial score (nSPS) is 10.2. The van der Waals surface area contributed by atoms with Gasteiger partial charge in [-0.1, -0.05) is 6.07 Å². The Morgan fingerprint density at radius 3 is 2.85 bits per heavy atom. The van der Waals surface area contributed by atoms with Gasteiger partial charge in [-0.15, -0.1) is 0 Å². The van der Waals surface area contributed by atoms with Crippen molar-refractivity contribution in [2.45, 2.75) is 6.92 Å². The fraction of sp³-hybridized carbons (Fsp3) is 0.154. The van der Waals surface area contributed by atoms with E-state index in [-0.39, 0.29) is 11.2 Å². The smallest absolute Gasteiger partial charge is 0.251 e. The van der Waals surface area contributed by atoms with Crippen molar-refractivity contribution in [3.05, 3.63) is 40.8 Å². The summed E-state index contributed by atoms with van der Waals surface area (Å²) in [7, 11) is 7.37. The summed E-state index contributed by atoms with van der Waals surface area (Å²) in [6, 6.07) is 5.31. The van der Waals surface area contributed by atoms with Crippen molar-refractivity contribution in [1.82, 2.24) is 15.3 Å². The first-order chi connectivity index (χ1) is 9.51. The highest BCUT2D eigenvalue weighted by Crippen LogP contribution is 2.20. The number of anilines is 2. The SMILES string of the molecule is [B]c1cnc(Cl)nc1Nc1cc(C(=O)NC)ccc1C. The molecule has 0 aliphatic rings. The van der Waals surface area contributed by atoms with Crippen LogP contribution in [0.4, 0.5) is 11.5 Å². The summed E-state index contributed by atoms with van der Waals surface area (Å²) < 4.78 is 0. The van der Waals surface area contributed by atoms with E-state index in [1.165, 1.54) is 6.20 Å². The standard InChI is InChI=1S/C13H12BClN4O/c1-7-3-4-8(12(20)16-2)5-10(7)18-11-9(14)6-17-13(15)19-11/h3-6H,1-2H3,(H,16,20)(H,17,18,19). The zero-order chi connectivity index (χ0) is 14.7. The number of amides is 1. The van der Waals surface area contributed by atoms with Crippen LogP contribution < -0.4 is 16.1 Å². The Bertz CT molecular complexity index is 663. The maximum atomic E-state index is 11.6. The van der Waals surface area contributed by atoms with Crippen LogP contribution >= 0.6 is 11.6 Å². The Hall–Kier alpha value is -2.08. The number of benzene rings is 1. The zero-order valence-corrected chi connectivity index (χ0v) is 11.8. The van der Waals surface area contributed by atoms with E-state index in [0.29, 0.717) is 16.8 Å². The van der Waals surface area contributed by atoms with Gasteiger partial charge in [0.15, 0.2) is 0 Å². The second kappa shape index (κ2) is 5.92. The average molecular weight is 287 g/mol. The lowest BCUT2D eigenvalue weighted by molar-refractivity contribution is 0.0963. The predicted octanol–water partition coefficient (Wildman–Crippen LogP) is 1.34. The summed E-state index contributed by atoms with van der Waals surface area (Å²) in [5.74, 6) is 0.240. The van der Waals surface area contributed by atoms with E-state index in [1.807, 2.05) is 13.0 Å². The molecule has 100 valence electrons. The number of nitrogens with one attached hydrogen (secondary N) is 2. The van der Waals surface area contributed by atoms with Crippen LogP contribution in [0.2, 0.25) is 5.28 Å². The molecule has 0 aliphatic carbocycles. The summed E-state index contributed by atoms with van der Waals surface area (Å²) in [5, 5.41) is 5.73. The van der Waals surface area contributed by atoms with Gasteiger partial charge < -0.3 is 10.6 Å². The first-order valence-corrected chi connectivity index (χ1v) is 6.27. The summed E-state index contributed by atoms with van der Waals surface area (Å²) in [6.07, 6.45) is 1.43. The number of aryl methyl sites for hydroxylation is 1. The number of rotatable bonds is 3. The minimum atomic E-state index is -0.165. The van der Waals surface area contributed by atoms with Gasteiger partial charge >= 0.3 is 0 Å². The molecule has 20 heavy (non-hydrogen) atoms. The molecule has 1 aromatic carbocycles. The maximum absolute atomic E-state index is 11.6. The fourth-order valence-corrected chi connectivity index (χ4v) is 1.77. The summed E-state index contributed by atoms with van der Waals surface area (Å²) in [6.45, 7) is 1.91. The number of nitrogens with zero attached hydrogens (tertiary/aromatic N) is 2. The largest absolute Gasteiger partial charge is 0.355 e. The van der Waals surface area contributed by atoms with E-state index in [9.17, 15) is 4.79 Å². The average Bonchev–Trinajstić information content (AvgIpc) is 2.44. The van der Waals surface area contributed by atoms with Gasteiger partial charge in [0, 0.05) is 24.5 Å². The second-order valence-corrected chi connectivity index (χ2v) is 4.51. The Balaban J connectivity index is 2.37. The summed E-state index contributed by atoms with van der Waals surface area (Å²) in [4.78, 5) is 19.4. The van der Waals surface area contributed by atoms with Gasteiger partial charge in [0.05, 0.1) is 0 Å². The van der Waals surface area contributed by atoms with Gasteiger partial charge in [0.25, 0.3) is 5.91 Å². The third-order valence-electron chi connectivity index (χ3n) is 2.77. The number of hydrogen-bond donors (Lipinski definition) is 2. The minimum Gasteiger partial charge on any atom is -0.355 e. The Kier molecular flexibility index (Phi) is 4.24. The summed E-state index contributed by atoms with van der Waals surface area (Å²) in [5.41, 5.74) is 2.60. The second-order valence-electron chi connectivity index (χ2n) is 4.18. The van der Waals surface area contributed by atoms with E-state index >= 15 is 0 Å². The van der Waals surface area contributed by atoms with Gasteiger partial charge in [-0.3, -0.25) is 4.79 Å². The van der Waals surface area contributed by atoms with Crippen LogP contribution in [0.5, 0.6) is 0 Å². The highest BCUT2D eigenvalue weighted by Gasteiger charge is 2.08. The molecule has 1 aromatic heterocycles. The van der Waals surface area contributed by atoms with Crippen molar-refractivity contribution < 1.29 is 4.79 Å². The van der Waals surface area contributed by atoms with Gasteiger partial charge in [0.1, 0.15) is 13.7 Å². The highest BCUT2D eigenvalue weighted by molar-refractivity contribution is 6.36. The molecule has 0 atom stereocenters. The van der Waals surface area contributed by atoms with Crippen LogP contribution in [0.3, 0.4) is 0 Å². The molecule has 0 unspecified atom stereocenters. The number of halogens is 1. The number of hydrogen-bond acceptors (Lipinski definition) is 4. The molecule has 1 amide bonds. The molecule has 5 nitrogen and oxygen atoms in total. The predicted molar refractivity (Wildman–Crippen MR) is 80.3 cm³/mol. The van der Waals surface area contributed by atoms with Crippen molar-refractivity contribution in [1.29, 1.82) is 0 Å². The molecule has 0 spiro atoms. The molecule has 0 saturated carbocycles. The van der Waals surface area contributed by atoms with Gasteiger partial charge in [-0.05, 0) is 41.7 Å². The van der Waals surface area contributed by atoms with E-state index in [4.69, 9.17) is 19.4 Å². The molecule has 0 aliphatic heterocycles. The van der Waals surface area contributed by atoms with Gasteiger partial charge in [-0.25, -0.2) is 9.97 Å². The number of carbonyl (C=O) groups is 1. The Morgan fingerprint density at radius 2 is 2.15 bits per heavy atom. The van der Waals surface area contributed by atoms with E-state index in [1.54, 1.807) is 19.2 Å². The van der Waals surface area contributed by atoms with Crippen LogP contribution in [-0.4, -0.2) is 30.8 Å². The molecule has 2 N–H and O–H groups in total. The van der Waals surface area contributed by atoms with Crippen LogP contribution in [0, 0.1) is 6.92 Å². The Morgan fingerprint density at radius 1 is 1.40 bits per heavy atom. The fourth-order valence-electron chi connectivity index (χ4n) is 1.64. The van der Waals surface area contributed by atoms with E-state index in [0.717, 1.165) is 11.3 Å². The van der Waals surface area contributed by atoms with E-state index < -0.39 is 0 Å². The van der Waals surface area contributed by atoms with Crippen LogP contribution in [0.1, 0.15) is 15.9 Å². The molecule has 2 rings (SSSR count). The number of carbonyl (C=O) groups excluding carboxylic acids is 1. The molecule has 0 bridgehead atoms. The van der Waals surface area contributed by atoms with Crippen molar-refractivity contribution in [3.63, 3.8) is 0 Å². The van der Waals surface area contributed by atoms with Gasteiger partial charge in [-0.2, -0.15) is 0 Å². The lowest BCUT2D eigenvalue weighted by Gasteiger charge is -2.12. The molecule has 2 radical (unpaired) electrons. The van der Waals surface area contributed by atoms with Crippen LogP contribution in [0.25, 0.3) is 0 Å². The monoisotopic (exact) mass is 286 g/mol. The Labute approximate surface area is 123 Å². The molecular weight excluding hydrogens is 274 g/mol. The van der Waals surface area contributed by atoms with E-state index in [2.05, 4.69) is 20.6 Å². The first kappa shape index (κ1) is 14.3. The van der Waals surface area contributed by atoms with Gasteiger partial charge in [0.2, 0.25) is 5.28 Å². The maximum Gasteiger partial charge on any atom is 0.251 e. The molecule has 0 saturated heterocycles. The third kappa shape index (κ3) is 3.08. The molecular formula is C13H12BClN4O. The topological polar surface area (TPSA) is 66.9 Å². The van der Waals surface area contributed by atoms with Crippen LogP contribution in [0.15, 0.2) is 24.4 Å². The minimum absolute atomic E-state index is 0.0989. The zero-order valence-electron chi connectivity index (χ0n) is 11.1. The lowest BCUT2D eigenvalue weighted by atomic mass is 9.99. The van der Waals surface area contributed by atoms with Crippen molar-refractivity contribution in [2.24, 2.45) is 0 Å². The molecule has 1 heterocycles. The highest BCUT2D eigenvalue weighted by atomic mass is 35.5. The van der Waals surface area contributed by atoms with Crippen molar-refractivity contribution in [2.75, 3.05) is 12.4 Å². The summed E-state index contributed by atoms with van der Waals surface area (Å²) >= 11 is 5.75.